The van der Waals surface area contributed by atoms with Gasteiger partial charge >= 0.3 is 5.97 Å². The van der Waals surface area contributed by atoms with E-state index in [1.54, 1.807) is 58.0 Å². The molecule has 5 rings (SSSR count). The third-order valence-electron chi connectivity index (χ3n) is 8.91. The number of fused-ring (bicyclic) bond motifs is 1. The van der Waals surface area contributed by atoms with Crippen molar-refractivity contribution in [3.8, 4) is 0 Å². The second-order valence-corrected chi connectivity index (χ2v) is 13.7. The average molecular weight is 609 g/mol. The molecule has 3 aliphatic heterocycles. The zero-order valence-electron chi connectivity index (χ0n) is 23.8. The van der Waals surface area contributed by atoms with E-state index in [9.17, 15) is 19.5 Å². The van der Waals surface area contributed by atoms with Crippen LogP contribution in [0.4, 0.5) is 5.69 Å². The number of likely N-dealkylation sites (tertiary alicyclic amines) is 1. The third-order valence-corrected chi connectivity index (χ3v) is 11.1. The van der Waals surface area contributed by atoms with Crippen LogP contribution < -0.4 is 4.90 Å². The van der Waals surface area contributed by atoms with Crippen LogP contribution in [0, 0.1) is 11.8 Å². The number of aliphatic hydroxyl groups excluding tert-OH is 1. The molecule has 2 aromatic carbocycles. The van der Waals surface area contributed by atoms with E-state index in [1.165, 1.54) is 0 Å². The number of esters is 1. The number of nitrogens with zero attached hydrogens (tertiary/aromatic N) is 2. The largest absolute Gasteiger partial charge is 0.465 e. The van der Waals surface area contributed by atoms with Crippen molar-refractivity contribution in [3.63, 3.8) is 0 Å². The molecule has 0 aliphatic carbocycles. The van der Waals surface area contributed by atoms with Crippen LogP contribution in [0.1, 0.15) is 44.2 Å². The number of thioether (sulfide) groups is 1. The Morgan fingerprint density at radius 3 is 2.52 bits per heavy atom. The predicted molar refractivity (Wildman–Crippen MR) is 166 cm³/mol. The van der Waals surface area contributed by atoms with E-state index in [1.807, 2.05) is 37.3 Å². The van der Waals surface area contributed by atoms with Crippen molar-refractivity contribution in [2.45, 2.75) is 54.2 Å². The van der Waals surface area contributed by atoms with E-state index in [0.29, 0.717) is 30.0 Å². The summed E-state index contributed by atoms with van der Waals surface area (Å²) in [5.74, 6) is -2.43. The average Bonchev–Trinajstić information content (AvgIpc) is 3.56. The van der Waals surface area contributed by atoms with Gasteiger partial charge in [-0.1, -0.05) is 54.1 Å². The van der Waals surface area contributed by atoms with Gasteiger partial charge in [-0.2, -0.15) is 0 Å². The lowest BCUT2D eigenvalue weighted by Gasteiger charge is -2.39. The van der Waals surface area contributed by atoms with Gasteiger partial charge in [0.1, 0.15) is 6.04 Å². The van der Waals surface area contributed by atoms with Crippen LogP contribution in [-0.2, 0) is 19.1 Å². The molecule has 1 spiro atoms. The lowest BCUT2D eigenvalue weighted by Crippen LogP contribution is -2.56. The Labute approximate surface area is 256 Å². The number of amides is 2. The van der Waals surface area contributed by atoms with Gasteiger partial charge in [0.2, 0.25) is 5.91 Å². The monoisotopic (exact) mass is 608 g/mol. The van der Waals surface area contributed by atoms with Crippen LogP contribution >= 0.6 is 23.4 Å². The van der Waals surface area contributed by atoms with Gasteiger partial charge in [0.15, 0.2) is 0 Å². The molecule has 2 aromatic rings. The third kappa shape index (κ3) is 5.07. The van der Waals surface area contributed by atoms with Gasteiger partial charge in [-0.05, 0) is 62.4 Å². The molecule has 3 fully saturated rings. The lowest BCUT2D eigenvalue weighted by molar-refractivity contribution is -0.156. The van der Waals surface area contributed by atoms with Crippen LogP contribution in [0.2, 0.25) is 5.02 Å². The molecule has 3 aliphatic rings. The van der Waals surface area contributed by atoms with Crippen molar-refractivity contribution in [2.75, 3.05) is 24.7 Å². The number of unbranched alkanes of at least 4 members (excludes halogenated alkanes) is 1. The quantitative estimate of drug-likeness (QED) is 0.192. The number of benzene rings is 2. The maximum Gasteiger partial charge on any atom is 0.311 e. The Balaban J connectivity index is 1.61. The van der Waals surface area contributed by atoms with Crippen molar-refractivity contribution in [1.82, 2.24) is 4.90 Å². The van der Waals surface area contributed by atoms with E-state index >= 15 is 0 Å². The molecule has 222 valence electrons. The van der Waals surface area contributed by atoms with Gasteiger partial charge < -0.3 is 19.6 Å². The van der Waals surface area contributed by atoms with E-state index in [2.05, 4.69) is 13.2 Å². The maximum atomic E-state index is 14.8. The minimum atomic E-state index is -0.923. The van der Waals surface area contributed by atoms with Crippen LogP contribution in [-0.4, -0.2) is 63.1 Å². The van der Waals surface area contributed by atoms with Crippen molar-refractivity contribution < 1.29 is 24.2 Å². The normalized spacial score (nSPS) is 28.3. The zero-order valence-corrected chi connectivity index (χ0v) is 25.4. The summed E-state index contributed by atoms with van der Waals surface area (Å²) in [6.45, 7) is 9.70. The number of hydrogen-bond donors (Lipinski definition) is 1. The maximum absolute atomic E-state index is 14.8. The summed E-state index contributed by atoms with van der Waals surface area (Å²) in [6.07, 6.45) is 6.06. The van der Waals surface area contributed by atoms with E-state index < -0.39 is 39.4 Å². The summed E-state index contributed by atoms with van der Waals surface area (Å²) in [5, 5.41) is 11.3. The molecule has 3 saturated heterocycles. The smallest absolute Gasteiger partial charge is 0.311 e. The first-order valence-corrected chi connectivity index (χ1v) is 15.6. The van der Waals surface area contributed by atoms with Crippen LogP contribution in [0.15, 0.2) is 79.9 Å². The molecular weight excluding hydrogens is 572 g/mol. The first kappa shape index (κ1) is 30.4. The summed E-state index contributed by atoms with van der Waals surface area (Å²) >= 11 is 7.73. The van der Waals surface area contributed by atoms with Gasteiger partial charge in [0, 0.05) is 22.0 Å². The van der Waals surface area contributed by atoms with E-state index in [-0.39, 0.29) is 31.6 Å². The highest BCUT2D eigenvalue weighted by molar-refractivity contribution is 8.02. The molecule has 42 heavy (non-hydrogen) atoms. The van der Waals surface area contributed by atoms with Crippen molar-refractivity contribution >= 4 is 46.8 Å². The number of carbonyl (C=O) groups is 3. The van der Waals surface area contributed by atoms with Crippen molar-refractivity contribution in [3.05, 3.63) is 90.5 Å². The zero-order chi connectivity index (χ0) is 30.1. The topological polar surface area (TPSA) is 87.1 Å². The number of aliphatic hydroxyl groups is 1. The number of rotatable bonds is 12. The Morgan fingerprint density at radius 1 is 1.17 bits per heavy atom. The van der Waals surface area contributed by atoms with Gasteiger partial charge in [-0.15, -0.1) is 24.9 Å². The van der Waals surface area contributed by atoms with E-state index in [0.717, 1.165) is 12.0 Å². The molecule has 0 saturated carbocycles. The molecule has 2 unspecified atom stereocenters. The minimum absolute atomic E-state index is 0.214. The molecule has 3 heterocycles. The molecule has 2 amide bonds. The minimum Gasteiger partial charge on any atom is -0.465 e. The summed E-state index contributed by atoms with van der Waals surface area (Å²) in [5.41, 5.74) is 1.34. The second-order valence-electron chi connectivity index (χ2n) is 11.4. The second kappa shape index (κ2) is 12.3. The number of hydrogen-bond acceptors (Lipinski definition) is 6. The number of allylic oxidation sites excluding steroid dienone is 1. The fraction of sp³-hybridized carbons (Fsp3) is 0.424. The molecule has 1 N–H and O–H groups in total. The predicted octanol–water partition coefficient (Wildman–Crippen LogP) is 5.58. The highest BCUT2D eigenvalue weighted by Gasteiger charge is 2.78. The standard InChI is InChI=1S/C33H37ClN2O5S/c1-4-6-10-20-41-31(40)27-26-29(38)36(25(21-37)22-11-8-7-9-12-22)28(33(26)18-17-32(27,3)42-33)30(39)35(19-5-2)24-15-13-23(34)14-16-24/h4-5,7-9,11-16,25-28,37H,1-2,6,10,17-21H2,3H3/t25-,26+,27-,28?,32+,33?/m1/s1. The summed E-state index contributed by atoms with van der Waals surface area (Å²) in [6, 6.07) is 14.5. The van der Waals surface area contributed by atoms with Gasteiger partial charge in [0.05, 0.1) is 35.8 Å². The highest BCUT2D eigenvalue weighted by Crippen LogP contribution is 2.72. The number of halogens is 1. The Kier molecular flexibility index (Phi) is 8.88. The summed E-state index contributed by atoms with van der Waals surface area (Å²) < 4.78 is 4.32. The summed E-state index contributed by atoms with van der Waals surface area (Å²) in [7, 11) is 0. The van der Waals surface area contributed by atoms with Gasteiger partial charge in [-0.25, -0.2) is 0 Å². The number of ether oxygens (including phenoxy) is 1. The highest BCUT2D eigenvalue weighted by atomic mass is 35.5. The number of carbonyl (C=O) groups excluding carboxylic acids is 3. The molecule has 6 atom stereocenters. The first-order valence-electron chi connectivity index (χ1n) is 14.4. The molecule has 0 radical (unpaired) electrons. The Bertz CT molecular complexity index is 1350. The fourth-order valence-corrected chi connectivity index (χ4v) is 9.53. The fourth-order valence-electron chi connectivity index (χ4n) is 7.08. The van der Waals surface area contributed by atoms with Crippen molar-refractivity contribution in [1.29, 1.82) is 0 Å². The Morgan fingerprint density at radius 2 is 1.88 bits per heavy atom. The summed E-state index contributed by atoms with van der Waals surface area (Å²) in [4.78, 5) is 46.3. The van der Waals surface area contributed by atoms with Crippen LogP contribution in [0.25, 0.3) is 0 Å². The molecule has 0 aromatic heterocycles. The lowest BCUT2D eigenvalue weighted by atomic mass is 9.66. The van der Waals surface area contributed by atoms with Gasteiger partial charge in [0.25, 0.3) is 5.91 Å². The SMILES string of the molecule is C=CCCCOC(=O)[C@H]1[C@H]2C(=O)N([C@H](CO)c3ccccc3)C(C(=O)N(CC=C)c3ccc(Cl)cc3)C23CC[C@]1(C)S3. The molecule has 9 heteroatoms. The van der Waals surface area contributed by atoms with E-state index in [4.69, 9.17) is 16.3 Å². The first-order chi connectivity index (χ1) is 20.2. The van der Waals surface area contributed by atoms with Gasteiger partial charge in [-0.3, -0.25) is 14.4 Å². The Hall–Kier alpha value is -3.07. The number of anilines is 1. The molecular formula is C33H37ClN2O5S. The van der Waals surface area contributed by atoms with Crippen LogP contribution in [0.5, 0.6) is 0 Å². The van der Waals surface area contributed by atoms with Crippen LogP contribution in [0.3, 0.4) is 0 Å². The van der Waals surface area contributed by atoms with Crippen molar-refractivity contribution in [2.24, 2.45) is 11.8 Å². The molecule has 7 nitrogen and oxygen atoms in total. The molecule has 2 bridgehead atoms.